The molecular weight excluding hydrogens is 298 g/mol. The number of rotatable bonds is 6. The zero-order chi connectivity index (χ0) is 16.7. The topological polar surface area (TPSA) is 65.1 Å². The second-order valence-electron chi connectivity index (χ2n) is 5.28. The standard InChI is InChI=1S/C17H23NO5/c1-3-22-16(19)12-18(13-7-9-14(21-2)10-8-13)17(20)15-6-4-5-11-23-15/h7-10,15H,3-6,11-12H2,1-2H3. The molecule has 6 heteroatoms. The lowest BCUT2D eigenvalue weighted by atomic mass is 10.1. The van der Waals surface area contributed by atoms with Gasteiger partial charge in [0.2, 0.25) is 0 Å². The Morgan fingerprint density at radius 3 is 2.57 bits per heavy atom. The average Bonchev–Trinajstić information content (AvgIpc) is 2.60. The molecule has 1 heterocycles. The van der Waals surface area contributed by atoms with E-state index in [1.807, 2.05) is 0 Å². The predicted octanol–water partition coefficient (Wildman–Crippen LogP) is 2.16. The largest absolute Gasteiger partial charge is 0.497 e. The van der Waals surface area contributed by atoms with Gasteiger partial charge in [-0.25, -0.2) is 0 Å². The molecule has 2 rings (SSSR count). The summed E-state index contributed by atoms with van der Waals surface area (Å²) in [6.45, 7) is 2.47. The lowest BCUT2D eigenvalue weighted by Gasteiger charge is -2.29. The Morgan fingerprint density at radius 1 is 1.26 bits per heavy atom. The molecule has 1 atom stereocenters. The van der Waals surface area contributed by atoms with E-state index in [9.17, 15) is 9.59 Å². The fourth-order valence-electron chi connectivity index (χ4n) is 2.50. The van der Waals surface area contributed by atoms with Crippen molar-refractivity contribution in [1.82, 2.24) is 0 Å². The van der Waals surface area contributed by atoms with Crippen molar-refractivity contribution in [2.45, 2.75) is 32.3 Å². The Balaban J connectivity index is 2.18. The third-order valence-corrected chi connectivity index (χ3v) is 3.70. The van der Waals surface area contributed by atoms with Crippen molar-refractivity contribution in [2.24, 2.45) is 0 Å². The first-order chi connectivity index (χ1) is 11.2. The lowest BCUT2D eigenvalue weighted by molar-refractivity contribution is -0.143. The van der Waals surface area contributed by atoms with Crippen LogP contribution in [0.25, 0.3) is 0 Å². The number of anilines is 1. The maximum absolute atomic E-state index is 12.8. The minimum atomic E-state index is -0.500. The third kappa shape index (κ3) is 4.69. The number of carbonyl (C=O) groups is 2. The summed E-state index contributed by atoms with van der Waals surface area (Å²) in [6.07, 6.45) is 2.09. The van der Waals surface area contributed by atoms with Gasteiger partial charge in [-0.05, 0) is 50.5 Å². The van der Waals surface area contributed by atoms with Crippen LogP contribution < -0.4 is 9.64 Å². The molecule has 0 bridgehead atoms. The van der Waals surface area contributed by atoms with Crippen LogP contribution in [0.3, 0.4) is 0 Å². The molecule has 0 aromatic heterocycles. The van der Waals surface area contributed by atoms with Gasteiger partial charge in [-0.1, -0.05) is 0 Å². The molecule has 1 fully saturated rings. The molecule has 1 aromatic rings. The summed E-state index contributed by atoms with van der Waals surface area (Å²) in [5.74, 6) is 0.0431. The van der Waals surface area contributed by atoms with Crippen LogP contribution in [0, 0.1) is 0 Å². The summed E-state index contributed by atoms with van der Waals surface area (Å²) in [5.41, 5.74) is 0.623. The summed E-state index contributed by atoms with van der Waals surface area (Å²) < 4.78 is 15.7. The van der Waals surface area contributed by atoms with Crippen LogP contribution in [0.1, 0.15) is 26.2 Å². The minimum Gasteiger partial charge on any atom is -0.497 e. The number of carbonyl (C=O) groups excluding carboxylic acids is 2. The van der Waals surface area contributed by atoms with Crippen molar-refractivity contribution in [3.05, 3.63) is 24.3 Å². The van der Waals surface area contributed by atoms with E-state index in [1.54, 1.807) is 38.3 Å². The average molecular weight is 321 g/mol. The van der Waals surface area contributed by atoms with Crippen molar-refractivity contribution in [3.63, 3.8) is 0 Å². The van der Waals surface area contributed by atoms with E-state index in [0.29, 0.717) is 24.5 Å². The first-order valence-electron chi connectivity index (χ1n) is 7.88. The SMILES string of the molecule is CCOC(=O)CN(C(=O)C1CCCCO1)c1ccc(OC)cc1. The van der Waals surface area contributed by atoms with Crippen LogP contribution in [0.4, 0.5) is 5.69 Å². The van der Waals surface area contributed by atoms with Crippen LogP contribution in [0.15, 0.2) is 24.3 Å². The van der Waals surface area contributed by atoms with Crippen LogP contribution >= 0.6 is 0 Å². The Hall–Kier alpha value is -2.08. The Kier molecular flexibility index (Phi) is 6.40. The maximum atomic E-state index is 12.8. The van der Waals surface area contributed by atoms with E-state index in [2.05, 4.69) is 0 Å². The highest BCUT2D eigenvalue weighted by atomic mass is 16.5. The first-order valence-corrected chi connectivity index (χ1v) is 7.88. The van der Waals surface area contributed by atoms with Gasteiger partial charge in [0.25, 0.3) is 5.91 Å². The third-order valence-electron chi connectivity index (χ3n) is 3.70. The minimum absolute atomic E-state index is 0.126. The number of hydrogen-bond donors (Lipinski definition) is 0. The van der Waals surface area contributed by atoms with Crippen molar-refractivity contribution in [3.8, 4) is 5.75 Å². The molecule has 1 amide bonds. The number of ether oxygens (including phenoxy) is 3. The molecule has 1 aromatic carbocycles. The van der Waals surface area contributed by atoms with Crippen molar-refractivity contribution in [2.75, 3.05) is 31.8 Å². The smallest absolute Gasteiger partial charge is 0.326 e. The Labute approximate surface area is 136 Å². The molecule has 1 aliphatic heterocycles. The number of hydrogen-bond acceptors (Lipinski definition) is 5. The molecule has 1 saturated heterocycles. The van der Waals surface area contributed by atoms with Gasteiger partial charge in [-0.2, -0.15) is 0 Å². The van der Waals surface area contributed by atoms with Crippen LogP contribution in [-0.2, 0) is 19.1 Å². The molecule has 126 valence electrons. The summed E-state index contributed by atoms with van der Waals surface area (Å²) in [6, 6.07) is 7.00. The van der Waals surface area contributed by atoms with Crippen molar-refractivity contribution >= 4 is 17.6 Å². The zero-order valence-corrected chi connectivity index (χ0v) is 13.6. The Bertz CT molecular complexity index is 522. The zero-order valence-electron chi connectivity index (χ0n) is 13.6. The molecule has 23 heavy (non-hydrogen) atoms. The molecule has 0 saturated carbocycles. The van der Waals surface area contributed by atoms with Crippen LogP contribution in [0.5, 0.6) is 5.75 Å². The van der Waals surface area contributed by atoms with E-state index in [4.69, 9.17) is 14.2 Å². The molecule has 0 spiro atoms. The maximum Gasteiger partial charge on any atom is 0.326 e. The normalized spacial score (nSPS) is 17.4. The van der Waals surface area contributed by atoms with Gasteiger partial charge in [-0.3, -0.25) is 14.5 Å². The van der Waals surface area contributed by atoms with Crippen LogP contribution in [-0.4, -0.2) is 44.8 Å². The fraction of sp³-hybridized carbons (Fsp3) is 0.529. The predicted molar refractivity (Wildman–Crippen MR) is 85.6 cm³/mol. The molecular formula is C17H23NO5. The monoisotopic (exact) mass is 321 g/mol. The van der Waals surface area contributed by atoms with Gasteiger partial charge in [0.15, 0.2) is 0 Å². The summed E-state index contributed by atoms with van der Waals surface area (Å²) in [7, 11) is 1.58. The molecule has 1 aliphatic rings. The molecule has 0 radical (unpaired) electrons. The quantitative estimate of drug-likeness (QED) is 0.751. The Morgan fingerprint density at radius 2 is 2.00 bits per heavy atom. The van der Waals surface area contributed by atoms with Crippen molar-refractivity contribution < 1.29 is 23.8 Å². The highest BCUT2D eigenvalue weighted by Crippen LogP contribution is 2.23. The second kappa shape index (κ2) is 8.53. The number of amides is 1. The first kappa shape index (κ1) is 17.3. The molecule has 1 unspecified atom stereocenters. The van der Waals surface area contributed by atoms with E-state index >= 15 is 0 Å². The number of esters is 1. The van der Waals surface area contributed by atoms with E-state index in [-0.39, 0.29) is 19.1 Å². The van der Waals surface area contributed by atoms with Crippen molar-refractivity contribution in [1.29, 1.82) is 0 Å². The summed E-state index contributed by atoms with van der Waals surface area (Å²) in [5, 5.41) is 0. The van der Waals surface area contributed by atoms with E-state index in [0.717, 1.165) is 12.8 Å². The summed E-state index contributed by atoms with van der Waals surface area (Å²) >= 11 is 0. The molecule has 6 nitrogen and oxygen atoms in total. The van der Waals surface area contributed by atoms with Gasteiger partial charge in [0, 0.05) is 12.3 Å². The highest BCUT2D eigenvalue weighted by molar-refractivity contribution is 6.00. The highest BCUT2D eigenvalue weighted by Gasteiger charge is 2.29. The van der Waals surface area contributed by atoms with Gasteiger partial charge in [-0.15, -0.1) is 0 Å². The lowest BCUT2D eigenvalue weighted by Crippen LogP contribution is -2.44. The molecule has 0 N–H and O–H groups in total. The van der Waals surface area contributed by atoms with Crippen LogP contribution in [0.2, 0.25) is 0 Å². The van der Waals surface area contributed by atoms with E-state index in [1.165, 1.54) is 4.90 Å². The molecule has 0 aliphatic carbocycles. The van der Waals surface area contributed by atoms with Gasteiger partial charge in [0.1, 0.15) is 18.4 Å². The van der Waals surface area contributed by atoms with Gasteiger partial charge < -0.3 is 14.2 Å². The fourth-order valence-corrected chi connectivity index (χ4v) is 2.50. The van der Waals surface area contributed by atoms with E-state index < -0.39 is 12.1 Å². The summed E-state index contributed by atoms with van der Waals surface area (Å²) in [4.78, 5) is 26.0. The van der Waals surface area contributed by atoms with Gasteiger partial charge in [0.05, 0.1) is 13.7 Å². The second-order valence-corrected chi connectivity index (χ2v) is 5.28. The number of benzene rings is 1. The van der Waals surface area contributed by atoms with Gasteiger partial charge >= 0.3 is 5.97 Å². The number of methoxy groups -OCH3 is 1. The number of nitrogens with zero attached hydrogens (tertiary/aromatic N) is 1.